The topological polar surface area (TPSA) is 24.1 Å². The highest BCUT2D eigenvalue weighted by atomic mass is 19.1. The van der Waals surface area contributed by atoms with Gasteiger partial charge in [0.2, 0.25) is 0 Å². The predicted molar refractivity (Wildman–Crippen MR) is 65.1 cm³/mol. The maximum absolute atomic E-state index is 12.9. The summed E-state index contributed by atoms with van der Waals surface area (Å²) in [7, 11) is 0. The molecule has 1 unspecified atom stereocenters. The summed E-state index contributed by atoms with van der Waals surface area (Å²) in [6, 6.07) is 7.16. The highest BCUT2D eigenvalue weighted by Crippen LogP contribution is 2.12. The lowest BCUT2D eigenvalue weighted by Crippen LogP contribution is -2.34. The van der Waals surface area contributed by atoms with Crippen LogP contribution in [-0.4, -0.2) is 19.1 Å². The molecule has 0 amide bonds. The van der Waals surface area contributed by atoms with Crippen LogP contribution in [0.4, 0.5) is 10.1 Å². The van der Waals surface area contributed by atoms with Crippen molar-refractivity contribution in [2.24, 2.45) is 0 Å². The number of hydrogen-bond acceptors (Lipinski definition) is 2. The summed E-state index contributed by atoms with van der Waals surface area (Å²) in [5.41, 5.74) is 0.867. The van der Waals surface area contributed by atoms with E-state index < -0.39 is 0 Å². The van der Waals surface area contributed by atoms with Gasteiger partial charge in [0.15, 0.2) is 0 Å². The molecule has 1 aromatic carbocycles. The van der Waals surface area contributed by atoms with Crippen LogP contribution in [-0.2, 0) is 0 Å². The third-order valence-corrected chi connectivity index (χ3v) is 3.04. The van der Waals surface area contributed by atoms with Gasteiger partial charge in [-0.15, -0.1) is 0 Å². The third kappa shape index (κ3) is 3.49. The molecule has 1 fully saturated rings. The van der Waals surface area contributed by atoms with Crippen LogP contribution in [0.2, 0.25) is 0 Å². The van der Waals surface area contributed by atoms with Crippen LogP contribution in [0.3, 0.4) is 0 Å². The summed E-state index contributed by atoms with van der Waals surface area (Å²) >= 11 is 0. The van der Waals surface area contributed by atoms with E-state index in [1.165, 1.54) is 37.8 Å². The third-order valence-electron chi connectivity index (χ3n) is 3.04. The largest absolute Gasteiger partial charge is 0.383 e. The van der Waals surface area contributed by atoms with Crippen LogP contribution in [0.15, 0.2) is 24.3 Å². The van der Waals surface area contributed by atoms with Gasteiger partial charge in [0, 0.05) is 18.3 Å². The minimum atomic E-state index is -0.182. The molecule has 1 aliphatic heterocycles. The molecule has 0 spiro atoms. The second-order valence-electron chi connectivity index (χ2n) is 4.39. The van der Waals surface area contributed by atoms with Gasteiger partial charge in [-0.1, -0.05) is 18.9 Å². The normalized spacial score (nSPS) is 21.4. The van der Waals surface area contributed by atoms with Crippen LogP contribution >= 0.6 is 0 Å². The molecule has 3 heteroatoms. The van der Waals surface area contributed by atoms with E-state index in [0.717, 1.165) is 18.8 Å². The number of benzene rings is 1. The molecule has 1 atom stereocenters. The number of rotatable bonds is 3. The number of halogens is 1. The quantitative estimate of drug-likeness (QED) is 0.821. The molecule has 0 radical (unpaired) electrons. The van der Waals surface area contributed by atoms with Crippen molar-refractivity contribution in [3.63, 3.8) is 0 Å². The van der Waals surface area contributed by atoms with E-state index in [9.17, 15) is 4.39 Å². The Balaban J connectivity index is 1.81. The van der Waals surface area contributed by atoms with Crippen LogP contribution in [0, 0.1) is 5.82 Å². The molecule has 1 aromatic rings. The van der Waals surface area contributed by atoms with Crippen molar-refractivity contribution in [2.75, 3.05) is 18.4 Å². The highest BCUT2D eigenvalue weighted by molar-refractivity contribution is 5.43. The first-order chi connectivity index (χ1) is 7.84. The molecule has 88 valence electrons. The van der Waals surface area contributed by atoms with E-state index in [2.05, 4.69) is 10.6 Å². The molecule has 2 rings (SSSR count). The van der Waals surface area contributed by atoms with Gasteiger partial charge in [0.05, 0.1) is 0 Å². The molecular weight excluding hydrogens is 203 g/mol. The Bertz CT molecular complexity index is 319. The standard InChI is InChI=1S/C13H19FN2/c14-11-5-4-7-12(9-11)16-10-13-6-2-1-3-8-15-13/h4-5,7,9,13,15-16H,1-3,6,8,10H2. The van der Waals surface area contributed by atoms with Crippen molar-refractivity contribution in [1.29, 1.82) is 0 Å². The van der Waals surface area contributed by atoms with Gasteiger partial charge in [0.25, 0.3) is 0 Å². The Morgan fingerprint density at radius 2 is 2.25 bits per heavy atom. The first kappa shape index (κ1) is 11.4. The molecule has 16 heavy (non-hydrogen) atoms. The summed E-state index contributed by atoms with van der Waals surface area (Å²) < 4.78 is 12.9. The summed E-state index contributed by atoms with van der Waals surface area (Å²) in [4.78, 5) is 0. The van der Waals surface area contributed by atoms with E-state index in [4.69, 9.17) is 0 Å². The van der Waals surface area contributed by atoms with Gasteiger partial charge >= 0.3 is 0 Å². The van der Waals surface area contributed by atoms with Gasteiger partial charge in [-0.05, 0) is 37.6 Å². The Morgan fingerprint density at radius 3 is 3.12 bits per heavy atom. The lowest BCUT2D eigenvalue weighted by atomic mass is 10.1. The van der Waals surface area contributed by atoms with Crippen LogP contribution in [0.1, 0.15) is 25.7 Å². The first-order valence-corrected chi connectivity index (χ1v) is 6.07. The first-order valence-electron chi connectivity index (χ1n) is 6.07. The molecule has 1 aliphatic rings. The van der Waals surface area contributed by atoms with E-state index in [1.54, 1.807) is 6.07 Å². The van der Waals surface area contributed by atoms with Crippen molar-refractivity contribution in [2.45, 2.75) is 31.7 Å². The molecule has 0 aromatic heterocycles. The summed E-state index contributed by atoms with van der Waals surface area (Å²) in [5.74, 6) is -0.182. The van der Waals surface area contributed by atoms with Crippen molar-refractivity contribution < 1.29 is 4.39 Å². The van der Waals surface area contributed by atoms with Crippen molar-refractivity contribution in [3.05, 3.63) is 30.1 Å². The number of hydrogen-bond donors (Lipinski definition) is 2. The predicted octanol–water partition coefficient (Wildman–Crippen LogP) is 2.77. The summed E-state index contributed by atoms with van der Waals surface area (Å²) in [6.45, 7) is 1.99. The molecule has 1 saturated heterocycles. The van der Waals surface area contributed by atoms with E-state index in [0.29, 0.717) is 6.04 Å². The highest BCUT2D eigenvalue weighted by Gasteiger charge is 2.10. The van der Waals surface area contributed by atoms with Gasteiger partial charge in [-0.2, -0.15) is 0 Å². The maximum atomic E-state index is 12.9. The lowest BCUT2D eigenvalue weighted by molar-refractivity contribution is 0.530. The fraction of sp³-hybridized carbons (Fsp3) is 0.538. The molecular formula is C13H19FN2. The zero-order chi connectivity index (χ0) is 11.2. The zero-order valence-corrected chi connectivity index (χ0v) is 9.51. The zero-order valence-electron chi connectivity index (χ0n) is 9.51. The minimum absolute atomic E-state index is 0.182. The average Bonchev–Trinajstić information content (AvgIpc) is 2.55. The monoisotopic (exact) mass is 222 g/mol. The molecule has 0 aliphatic carbocycles. The van der Waals surface area contributed by atoms with Crippen molar-refractivity contribution in [1.82, 2.24) is 5.32 Å². The lowest BCUT2D eigenvalue weighted by Gasteiger charge is -2.17. The molecule has 2 nitrogen and oxygen atoms in total. The minimum Gasteiger partial charge on any atom is -0.383 e. The van der Waals surface area contributed by atoms with E-state index in [1.807, 2.05) is 6.07 Å². The maximum Gasteiger partial charge on any atom is 0.125 e. The number of nitrogens with one attached hydrogen (secondary N) is 2. The van der Waals surface area contributed by atoms with Gasteiger partial charge in [0.1, 0.15) is 5.82 Å². The second kappa shape index (κ2) is 5.85. The van der Waals surface area contributed by atoms with Crippen LogP contribution in [0.5, 0.6) is 0 Å². The molecule has 0 saturated carbocycles. The Labute approximate surface area is 96.2 Å². The smallest absolute Gasteiger partial charge is 0.125 e. The molecule has 1 heterocycles. The van der Waals surface area contributed by atoms with Gasteiger partial charge in [-0.25, -0.2) is 4.39 Å². The van der Waals surface area contributed by atoms with Crippen molar-refractivity contribution >= 4 is 5.69 Å². The van der Waals surface area contributed by atoms with Gasteiger partial charge < -0.3 is 10.6 Å². The summed E-state index contributed by atoms with van der Waals surface area (Å²) in [5, 5.41) is 6.79. The fourth-order valence-electron chi connectivity index (χ4n) is 2.11. The summed E-state index contributed by atoms with van der Waals surface area (Å²) in [6.07, 6.45) is 5.10. The van der Waals surface area contributed by atoms with E-state index >= 15 is 0 Å². The SMILES string of the molecule is Fc1cccc(NCC2CCCCCN2)c1. The van der Waals surface area contributed by atoms with Crippen molar-refractivity contribution in [3.8, 4) is 0 Å². The van der Waals surface area contributed by atoms with Crippen LogP contribution in [0.25, 0.3) is 0 Å². The Hall–Kier alpha value is -1.09. The fourth-order valence-corrected chi connectivity index (χ4v) is 2.11. The van der Waals surface area contributed by atoms with Crippen LogP contribution < -0.4 is 10.6 Å². The van der Waals surface area contributed by atoms with Gasteiger partial charge in [-0.3, -0.25) is 0 Å². The second-order valence-corrected chi connectivity index (χ2v) is 4.39. The molecule has 0 bridgehead atoms. The molecule has 2 N–H and O–H groups in total. The average molecular weight is 222 g/mol. The Morgan fingerprint density at radius 1 is 1.31 bits per heavy atom. The number of anilines is 1. The Kier molecular flexibility index (Phi) is 4.17. The van der Waals surface area contributed by atoms with E-state index in [-0.39, 0.29) is 5.82 Å².